The van der Waals surface area contributed by atoms with Crippen LogP contribution in [0.25, 0.3) is 11.1 Å². The fourth-order valence-electron chi connectivity index (χ4n) is 3.63. The number of carbonyl (C=O) groups is 2. The van der Waals surface area contributed by atoms with E-state index in [0.717, 1.165) is 33.4 Å². The lowest BCUT2D eigenvalue weighted by molar-refractivity contribution is 0.0686. The zero-order valence-electron chi connectivity index (χ0n) is 17.0. The molecule has 0 atom stereocenters. The highest BCUT2D eigenvalue weighted by atomic mass is 16.4. The predicted molar refractivity (Wildman–Crippen MR) is 124 cm³/mol. The molecular formula is C28H19O4. The minimum Gasteiger partial charge on any atom is -0.478 e. The van der Waals surface area contributed by atoms with Gasteiger partial charge in [0.2, 0.25) is 0 Å². The molecule has 32 heavy (non-hydrogen) atoms. The molecule has 0 saturated heterocycles. The molecule has 0 amide bonds. The van der Waals surface area contributed by atoms with Crippen LogP contribution in [0.4, 0.5) is 0 Å². The summed E-state index contributed by atoms with van der Waals surface area (Å²) < 4.78 is 0. The molecule has 155 valence electrons. The molecule has 0 aromatic heterocycles. The first-order valence-electron chi connectivity index (χ1n) is 9.98. The highest BCUT2D eigenvalue weighted by Gasteiger charge is 2.17. The van der Waals surface area contributed by atoms with Gasteiger partial charge in [0.25, 0.3) is 0 Å². The first-order chi connectivity index (χ1) is 15.5. The molecule has 0 spiro atoms. The average molecular weight is 419 g/mol. The minimum atomic E-state index is -0.982. The normalized spacial score (nSPS) is 11.5. The van der Waals surface area contributed by atoms with Crippen LogP contribution in [0.3, 0.4) is 0 Å². The van der Waals surface area contributed by atoms with E-state index in [0.29, 0.717) is 0 Å². The topological polar surface area (TPSA) is 74.6 Å². The van der Waals surface area contributed by atoms with E-state index in [-0.39, 0.29) is 11.1 Å². The van der Waals surface area contributed by atoms with Crippen LogP contribution in [0.1, 0.15) is 43.0 Å². The molecule has 0 fully saturated rings. The lowest BCUT2D eigenvalue weighted by atomic mass is 9.85. The Morgan fingerprint density at radius 1 is 0.469 bits per heavy atom. The first kappa shape index (κ1) is 20.8. The van der Waals surface area contributed by atoms with Crippen molar-refractivity contribution in [2.75, 3.05) is 0 Å². The second-order valence-electron chi connectivity index (χ2n) is 7.17. The van der Waals surface area contributed by atoms with Crippen LogP contribution in [0, 0.1) is 6.07 Å². The molecule has 4 aromatic carbocycles. The Labute approximate surface area is 185 Å². The van der Waals surface area contributed by atoms with Gasteiger partial charge in [0.05, 0.1) is 11.1 Å². The number of carboxylic acids is 2. The fraction of sp³-hybridized carbons (Fsp3) is 0. The van der Waals surface area contributed by atoms with E-state index in [1.807, 2.05) is 54.6 Å². The van der Waals surface area contributed by atoms with Crippen molar-refractivity contribution >= 4 is 23.1 Å². The third kappa shape index (κ3) is 4.35. The van der Waals surface area contributed by atoms with E-state index in [9.17, 15) is 19.8 Å². The van der Waals surface area contributed by atoms with Crippen molar-refractivity contribution < 1.29 is 19.8 Å². The van der Waals surface area contributed by atoms with Crippen LogP contribution >= 0.6 is 0 Å². The Bertz CT molecular complexity index is 1170. The Hall–Kier alpha value is -4.44. The number of carboxylic acid groups (broad SMARTS) is 2. The summed E-state index contributed by atoms with van der Waals surface area (Å²) in [5, 5.41) is 18.6. The van der Waals surface area contributed by atoms with Crippen molar-refractivity contribution in [2.24, 2.45) is 0 Å². The summed E-state index contributed by atoms with van der Waals surface area (Å²) in [7, 11) is 0. The maximum absolute atomic E-state index is 11.4. The standard InChI is InChI=1S/C28H19O4/c29-27(30)23-15-11-21(12-16-23)25(19-7-3-1-4-8-19)26(20-9-5-2-6-10-20)22-13-17-24(18-14-22)28(31)32/h1,3-18H,(H,29,30)(H,31,32). The van der Waals surface area contributed by atoms with Gasteiger partial charge in [-0.15, -0.1) is 0 Å². The number of benzene rings is 4. The highest BCUT2D eigenvalue weighted by molar-refractivity contribution is 6.05. The van der Waals surface area contributed by atoms with Gasteiger partial charge < -0.3 is 10.2 Å². The molecule has 0 heterocycles. The van der Waals surface area contributed by atoms with Crippen molar-refractivity contribution in [2.45, 2.75) is 0 Å². The van der Waals surface area contributed by atoms with E-state index in [4.69, 9.17) is 0 Å². The zero-order valence-corrected chi connectivity index (χ0v) is 17.0. The van der Waals surface area contributed by atoms with Crippen molar-refractivity contribution in [3.05, 3.63) is 143 Å². The number of hydrogen-bond acceptors (Lipinski definition) is 2. The SMILES string of the molecule is O=C(O)c1ccc(C(=C(c2ccccc2)c2ccc(C(=O)O)cc2)c2cc[c]cc2)cc1. The molecular weight excluding hydrogens is 400 g/mol. The van der Waals surface area contributed by atoms with Crippen LogP contribution in [0.5, 0.6) is 0 Å². The van der Waals surface area contributed by atoms with Crippen molar-refractivity contribution in [3.8, 4) is 0 Å². The summed E-state index contributed by atoms with van der Waals surface area (Å²) in [6.45, 7) is 0. The molecule has 4 nitrogen and oxygen atoms in total. The van der Waals surface area contributed by atoms with Crippen LogP contribution in [0.2, 0.25) is 0 Å². The molecule has 0 bridgehead atoms. The van der Waals surface area contributed by atoms with E-state index in [2.05, 4.69) is 6.07 Å². The summed E-state index contributed by atoms with van der Waals surface area (Å²) in [5.41, 5.74) is 5.84. The van der Waals surface area contributed by atoms with Gasteiger partial charge in [0.15, 0.2) is 0 Å². The monoisotopic (exact) mass is 419 g/mol. The maximum Gasteiger partial charge on any atom is 0.335 e. The molecule has 0 aliphatic heterocycles. The molecule has 1 radical (unpaired) electrons. The van der Waals surface area contributed by atoms with Gasteiger partial charge >= 0.3 is 11.9 Å². The number of aromatic carboxylic acids is 2. The maximum atomic E-state index is 11.4. The van der Waals surface area contributed by atoms with Crippen LogP contribution in [0.15, 0.2) is 103 Å². The predicted octanol–water partition coefficient (Wildman–Crippen LogP) is 5.89. The lowest BCUT2D eigenvalue weighted by Crippen LogP contribution is -2.01. The average Bonchev–Trinajstić information content (AvgIpc) is 2.84. The van der Waals surface area contributed by atoms with Gasteiger partial charge in [0.1, 0.15) is 0 Å². The fourth-order valence-corrected chi connectivity index (χ4v) is 3.63. The Morgan fingerprint density at radius 2 is 0.812 bits per heavy atom. The van der Waals surface area contributed by atoms with Crippen molar-refractivity contribution in [1.82, 2.24) is 0 Å². The van der Waals surface area contributed by atoms with E-state index < -0.39 is 11.9 Å². The summed E-state index contributed by atoms with van der Waals surface area (Å²) in [6.07, 6.45) is 0. The Morgan fingerprint density at radius 3 is 1.22 bits per heavy atom. The summed E-state index contributed by atoms with van der Waals surface area (Å²) in [5.74, 6) is -1.96. The molecule has 0 aliphatic carbocycles. The molecule has 4 aromatic rings. The van der Waals surface area contributed by atoms with Gasteiger partial charge in [-0.3, -0.25) is 0 Å². The molecule has 4 rings (SSSR count). The van der Waals surface area contributed by atoms with Crippen LogP contribution in [-0.2, 0) is 0 Å². The van der Waals surface area contributed by atoms with Gasteiger partial charge in [-0.1, -0.05) is 78.9 Å². The Balaban J connectivity index is 2.03. The number of rotatable bonds is 6. The van der Waals surface area contributed by atoms with Crippen molar-refractivity contribution in [3.63, 3.8) is 0 Å². The lowest BCUT2D eigenvalue weighted by Gasteiger charge is -2.18. The van der Waals surface area contributed by atoms with E-state index in [1.54, 1.807) is 48.5 Å². The summed E-state index contributed by atoms with van der Waals surface area (Å²) in [6, 6.07) is 34.0. The summed E-state index contributed by atoms with van der Waals surface area (Å²) in [4.78, 5) is 22.7. The van der Waals surface area contributed by atoms with Gasteiger partial charge in [-0.2, -0.15) is 0 Å². The van der Waals surface area contributed by atoms with Gasteiger partial charge in [-0.05, 0) is 63.7 Å². The van der Waals surface area contributed by atoms with E-state index in [1.165, 1.54) is 0 Å². The first-order valence-corrected chi connectivity index (χ1v) is 9.98. The molecule has 0 unspecified atom stereocenters. The third-order valence-corrected chi connectivity index (χ3v) is 5.16. The molecule has 0 saturated carbocycles. The molecule has 0 aliphatic rings. The van der Waals surface area contributed by atoms with Gasteiger partial charge in [0, 0.05) is 0 Å². The zero-order chi connectivity index (χ0) is 22.5. The third-order valence-electron chi connectivity index (χ3n) is 5.16. The van der Waals surface area contributed by atoms with E-state index >= 15 is 0 Å². The summed E-state index contributed by atoms with van der Waals surface area (Å²) >= 11 is 0. The smallest absolute Gasteiger partial charge is 0.335 e. The quantitative estimate of drug-likeness (QED) is 0.382. The van der Waals surface area contributed by atoms with Crippen molar-refractivity contribution in [1.29, 1.82) is 0 Å². The second-order valence-corrected chi connectivity index (χ2v) is 7.17. The van der Waals surface area contributed by atoms with Gasteiger partial charge in [-0.25, -0.2) is 9.59 Å². The number of hydrogen-bond donors (Lipinski definition) is 2. The largest absolute Gasteiger partial charge is 0.478 e. The molecule has 2 N–H and O–H groups in total. The second kappa shape index (κ2) is 9.14. The van der Waals surface area contributed by atoms with Crippen LogP contribution in [-0.4, -0.2) is 22.2 Å². The highest BCUT2D eigenvalue weighted by Crippen LogP contribution is 2.37. The minimum absolute atomic E-state index is 0.210. The van der Waals surface area contributed by atoms with Crippen LogP contribution < -0.4 is 0 Å². The molecule has 4 heteroatoms. The Kier molecular flexibility index (Phi) is 5.95.